The summed E-state index contributed by atoms with van der Waals surface area (Å²) in [7, 11) is 0.599. The first kappa shape index (κ1) is 12.0. The molecule has 0 aromatic carbocycles. The highest BCUT2D eigenvalue weighted by Gasteiger charge is 2.36. The molecule has 0 bridgehead atoms. The third-order valence-electron chi connectivity index (χ3n) is 2.00. The van der Waals surface area contributed by atoms with Gasteiger partial charge in [0.1, 0.15) is 0 Å². The minimum atomic E-state index is -2.99. The summed E-state index contributed by atoms with van der Waals surface area (Å²) >= 11 is 10.9. The van der Waals surface area contributed by atoms with Gasteiger partial charge in [0.15, 0.2) is 14.9 Å². The van der Waals surface area contributed by atoms with Crippen LogP contribution in [0.25, 0.3) is 0 Å². The highest BCUT2D eigenvalue weighted by atomic mass is 35.5. The maximum atomic E-state index is 11.2. The molecule has 0 saturated carbocycles. The molecule has 1 aliphatic heterocycles. The number of halogens is 1. The van der Waals surface area contributed by atoms with E-state index >= 15 is 0 Å². The van der Waals surface area contributed by atoms with E-state index in [1.807, 2.05) is 0 Å². The number of rotatable bonds is 1. The lowest BCUT2D eigenvalue weighted by molar-refractivity contribution is 0.567. The standard InChI is InChI=1S/C7H13ClN2O2S2/c1-10(2)7(13)9-6-4-14(11,12)3-5(6)8/h5-6H,3-4H2,1-2H3,(H,9,13). The Labute approximate surface area is 94.5 Å². The lowest BCUT2D eigenvalue weighted by Gasteiger charge is -2.21. The van der Waals surface area contributed by atoms with Crippen molar-refractivity contribution in [1.82, 2.24) is 10.2 Å². The van der Waals surface area contributed by atoms with Gasteiger partial charge in [-0.05, 0) is 12.2 Å². The second-order valence-electron chi connectivity index (χ2n) is 3.54. The summed E-state index contributed by atoms with van der Waals surface area (Å²) in [6.45, 7) is 0. The lowest BCUT2D eigenvalue weighted by atomic mass is 10.2. The lowest BCUT2D eigenvalue weighted by Crippen LogP contribution is -2.45. The van der Waals surface area contributed by atoms with Crippen molar-refractivity contribution in [3.05, 3.63) is 0 Å². The van der Waals surface area contributed by atoms with Gasteiger partial charge in [-0.3, -0.25) is 0 Å². The van der Waals surface area contributed by atoms with E-state index < -0.39 is 15.2 Å². The summed E-state index contributed by atoms with van der Waals surface area (Å²) < 4.78 is 22.4. The van der Waals surface area contributed by atoms with E-state index in [9.17, 15) is 8.42 Å². The molecule has 0 aromatic rings. The zero-order valence-electron chi connectivity index (χ0n) is 8.03. The molecule has 2 atom stereocenters. The summed E-state index contributed by atoms with van der Waals surface area (Å²) in [5, 5.41) is 3.05. The Bertz CT molecular complexity index is 329. The number of thiocarbonyl (C=S) groups is 1. The second-order valence-corrected chi connectivity index (χ2v) is 6.64. The molecule has 0 radical (unpaired) electrons. The number of nitrogens with zero attached hydrogens (tertiary/aromatic N) is 1. The molecule has 1 aliphatic rings. The average Bonchev–Trinajstić information content (AvgIpc) is 2.24. The van der Waals surface area contributed by atoms with Gasteiger partial charge in [-0.25, -0.2) is 8.42 Å². The van der Waals surface area contributed by atoms with Gasteiger partial charge in [0.05, 0.1) is 22.9 Å². The summed E-state index contributed by atoms with van der Waals surface area (Å²) in [4.78, 5) is 1.71. The summed E-state index contributed by atoms with van der Waals surface area (Å²) in [6.07, 6.45) is 0. The number of hydrogen-bond acceptors (Lipinski definition) is 3. The van der Waals surface area contributed by atoms with Crippen LogP contribution < -0.4 is 5.32 Å². The van der Waals surface area contributed by atoms with Crippen LogP contribution in [0.2, 0.25) is 0 Å². The molecule has 14 heavy (non-hydrogen) atoms. The second kappa shape index (κ2) is 4.20. The molecule has 2 unspecified atom stereocenters. The molecule has 0 amide bonds. The maximum Gasteiger partial charge on any atom is 0.168 e. The van der Waals surface area contributed by atoms with Crippen LogP contribution in [0.4, 0.5) is 0 Å². The molecule has 7 heteroatoms. The van der Waals surface area contributed by atoms with Crippen LogP contribution >= 0.6 is 23.8 Å². The number of hydrogen-bond donors (Lipinski definition) is 1. The quantitative estimate of drug-likeness (QED) is 0.521. The van der Waals surface area contributed by atoms with Crippen molar-refractivity contribution in [1.29, 1.82) is 0 Å². The Balaban J connectivity index is 2.60. The predicted molar refractivity (Wildman–Crippen MR) is 61.5 cm³/mol. The Morgan fingerprint density at radius 3 is 2.43 bits per heavy atom. The van der Waals surface area contributed by atoms with Gasteiger partial charge in [-0.15, -0.1) is 11.6 Å². The molecule has 1 rings (SSSR count). The van der Waals surface area contributed by atoms with Gasteiger partial charge in [-0.1, -0.05) is 0 Å². The topological polar surface area (TPSA) is 49.4 Å². The molecule has 1 saturated heterocycles. The molecule has 1 N–H and O–H groups in total. The Hall–Kier alpha value is -0.0700. The predicted octanol–water partition coefficient (Wildman–Crippen LogP) is -0.173. The van der Waals surface area contributed by atoms with E-state index in [0.717, 1.165) is 0 Å². The normalized spacial score (nSPS) is 29.9. The van der Waals surface area contributed by atoms with Gasteiger partial charge in [0, 0.05) is 14.1 Å². The molecule has 82 valence electrons. The van der Waals surface area contributed by atoms with Crippen LogP contribution in [0.5, 0.6) is 0 Å². The molecule has 0 spiro atoms. The van der Waals surface area contributed by atoms with Crippen LogP contribution in [-0.4, -0.2) is 55.5 Å². The Morgan fingerprint density at radius 2 is 2.07 bits per heavy atom. The minimum Gasteiger partial charge on any atom is -0.357 e. The SMILES string of the molecule is CN(C)C(=S)NC1CS(=O)(=O)CC1Cl. The third kappa shape index (κ3) is 2.96. The monoisotopic (exact) mass is 256 g/mol. The molecular formula is C7H13ClN2O2S2. The van der Waals surface area contributed by atoms with E-state index in [1.54, 1.807) is 19.0 Å². The van der Waals surface area contributed by atoms with Gasteiger partial charge >= 0.3 is 0 Å². The van der Waals surface area contributed by atoms with E-state index in [4.69, 9.17) is 23.8 Å². The van der Waals surface area contributed by atoms with E-state index in [0.29, 0.717) is 5.11 Å². The van der Waals surface area contributed by atoms with Crippen LogP contribution in [-0.2, 0) is 9.84 Å². The fourth-order valence-electron chi connectivity index (χ4n) is 1.22. The molecule has 4 nitrogen and oxygen atoms in total. The summed E-state index contributed by atoms with van der Waals surface area (Å²) in [6, 6.07) is -0.267. The number of sulfone groups is 1. The average molecular weight is 257 g/mol. The van der Waals surface area contributed by atoms with Crippen molar-refractivity contribution >= 4 is 38.8 Å². The molecular weight excluding hydrogens is 244 g/mol. The van der Waals surface area contributed by atoms with Crippen LogP contribution in [0, 0.1) is 0 Å². The van der Waals surface area contributed by atoms with Crippen molar-refractivity contribution in [2.45, 2.75) is 11.4 Å². The molecule has 1 heterocycles. The largest absolute Gasteiger partial charge is 0.357 e. The maximum absolute atomic E-state index is 11.2. The van der Waals surface area contributed by atoms with Crippen molar-refractivity contribution in [3.8, 4) is 0 Å². The third-order valence-corrected chi connectivity index (χ3v) is 4.86. The van der Waals surface area contributed by atoms with E-state index in [1.165, 1.54) is 0 Å². The van der Waals surface area contributed by atoms with Gasteiger partial charge in [-0.2, -0.15) is 0 Å². The van der Waals surface area contributed by atoms with Gasteiger partial charge in [0.2, 0.25) is 0 Å². The Morgan fingerprint density at radius 1 is 1.50 bits per heavy atom. The molecule has 0 aliphatic carbocycles. The van der Waals surface area contributed by atoms with Crippen molar-refractivity contribution in [2.75, 3.05) is 25.6 Å². The van der Waals surface area contributed by atoms with Crippen molar-refractivity contribution in [2.24, 2.45) is 0 Å². The minimum absolute atomic E-state index is 0.0300. The summed E-state index contributed by atoms with van der Waals surface area (Å²) in [5.41, 5.74) is 0. The van der Waals surface area contributed by atoms with Crippen molar-refractivity contribution < 1.29 is 8.42 Å². The first-order valence-corrected chi connectivity index (χ1v) is 6.81. The first-order chi connectivity index (χ1) is 6.32. The summed E-state index contributed by atoms with van der Waals surface area (Å²) in [5.74, 6) is 0.0947. The van der Waals surface area contributed by atoms with Crippen LogP contribution in [0.1, 0.15) is 0 Å². The fourth-order valence-corrected chi connectivity index (χ4v) is 3.93. The van der Waals surface area contributed by atoms with E-state index in [-0.39, 0.29) is 17.5 Å². The highest BCUT2D eigenvalue weighted by molar-refractivity contribution is 7.91. The zero-order chi connectivity index (χ0) is 10.9. The van der Waals surface area contributed by atoms with Gasteiger partial charge in [0.25, 0.3) is 0 Å². The van der Waals surface area contributed by atoms with Crippen LogP contribution in [0.15, 0.2) is 0 Å². The molecule has 1 fully saturated rings. The Kier molecular flexibility index (Phi) is 3.60. The van der Waals surface area contributed by atoms with Crippen molar-refractivity contribution in [3.63, 3.8) is 0 Å². The number of alkyl halides is 1. The fraction of sp³-hybridized carbons (Fsp3) is 0.857. The van der Waals surface area contributed by atoms with Gasteiger partial charge < -0.3 is 10.2 Å². The molecule has 0 aromatic heterocycles. The smallest absolute Gasteiger partial charge is 0.168 e. The first-order valence-electron chi connectivity index (χ1n) is 4.14. The zero-order valence-corrected chi connectivity index (χ0v) is 10.4. The highest BCUT2D eigenvalue weighted by Crippen LogP contribution is 2.17. The number of nitrogens with one attached hydrogen (secondary N) is 1. The van der Waals surface area contributed by atoms with E-state index in [2.05, 4.69) is 5.32 Å². The van der Waals surface area contributed by atoms with Crippen LogP contribution in [0.3, 0.4) is 0 Å².